The van der Waals surface area contributed by atoms with Gasteiger partial charge in [0, 0.05) is 6.20 Å². The van der Waals surface area contributed by atoms with Crippen molar-refractivity contribution in [2.75, 3.05) is 6.67 Å². The van der Waals surface area contributed by atoms with E-state index in [1.54, 1.807) is 0 Å². The summed E-state index contributed by atoms with van der Waals surface area (Å²) in [6, 6.07) is 0. The van der Waals surface area contributed by atoms with Crippen molar-refractivity contribution in [1.82, 2.24) is 10.2 Å². The Morgan fingerprint density at radius 2 is 1.79 bits per heavy atom. The summed E-state index contributed by atoms with van der Waals surface area (Å²) in [5, 5.41) is 12.3. The molecule has 3 unspecified atom stereocenters. The minimum atomic E-state index is -5.90. The number of aliphatic hydroxyl groups excluding tert-OH is 1. The Labute approximate surface area is 189 Å². The van der Waals surface area contributed by atoms with Gasteiger partial charge in [-0.1, -0.05) is 6.58 Å². The summed E-state index contributed by atoms with van der Waals surface area (Å²) < 4.78 is 94.2. The molecule has 2 aliphatic heterocycles. The van der Waals surface area contributed by atoms with Crippen molar-refractivity contribution in [3.63, 3.8) is 0 Å². The Morgan fingerprint density at radius 1 is 1.24 bits per heavy atom. The van der Waals surface area contributed by atoms with Crippen molar-refractivity contribution in [3.8, 4) is 0 Å². The maximum absolute atomic E-state index is 15.4. The maximum atomic E-state index is 15.4. The van der Waals surface area contributed by atoms with Crippen LogP contribution >= 0.6 is 23.5 Å². The van der Waals surface area contributed by atoms with E-state index in [0.29, 0.717) is 11.1 Å². The monoisotopic (exact) mass is 562 g/mol. The normalized spacial score (nSPS) is 32.1. The highest BCUT2D eigenvalue weighted by molar-refractivity contribution is 7.66. The first-order chi connectivity index (χ1) is 15.1. The lowest BCUT2D eigenvalue weighted by atomic mass is 9.89. The summed E-state index contributed by atoms with van der Waals surface area (Å²) >= 11 is 0. The first-order valence-corrected chi connectivity index (χ1v) is 13.3. The van der Waals surface area contributed by atoms with E-state index >= 15 is 4.39 Å². The second-order valence-electron chi connectivity index (χ2n) is 7.49. The summed E-state index contributed by atoms with van der Waals surface area (Å²) in [6.45, 7) is 3.10. The van der Waals surface area contributed by atoms with E-state index in [9.17, 15) is 42.2 Å². The van der Waals surface area contributed by atoms with Gasteiger partial charge in [0.15, 0.2) is 6.23 Å². The van der Waals surface area contributed by atoms with E-state index in [0.717, 1.165) is 13.8 Å². The molecular weight excluding hydrogens is 542 g/mol. The molecule has 1 amide bonds. The van der Waals surface area contributed by atoms with E-state index in [-0.39, 0.29) is 0 Å². The molecule has 0 aromatic heterocycles. The molecule has 196 valence electrons. The van der Waals surface area contributed by atoms with Crippen LogP contribution in [0, 0.1) is 0 Å². The third kappa shape index (κ3) is 6.35. The Bertz CT molecular complexity index is 1030. The molecule has 0 radical (unpaired) electrons. The number of nitrogens with one attached hydrogen (secondary N) is 1. The molecule has 0 aromatic carbocycles. The Kier molecular flexibility index (Phi) is 8.04. The summed E-state index contributed by atoms with van der Waals surface area (Å²) in [5.41, 5.74) is -5.72. The molecule has 0 spiro atoms. The van der Waals surface area contributed by atoms with Gasteiger partial charge in [0.2, 0.25) is 11.5 Å². The highest BCUT2D eigenvalue weighted by atomic mass is 31.3. The number of phosphoric acid groups is 3. The number of carbonyl (C=O) groups is 1. The van der Waals surface area contributed by atoms with Crippen molar-refractivity contribution < 1.29 is 74.2 Å². The maximum Gasteiger partial charge on any atom is 0.490 e. The lowest BCUT2D eigenvalue weighted by molar-refractivity contribution is -0.133. The van der Waals surface area contributed by atoms with Crippen molar-refractivity contribution in [1.29, 1.82) is 0 Å². The van der Waals surface area contributed by atoms with E-state index in [2.05, 4.69) is 19.7 Å². The number of ether oxygens (including phenoxy) is 1. The van der Waals surface area contributed by atoms with Crippen LogP contribution in [-0.2, 0) is 36.4 Å². The lowest BCUT2D eigenvalue weighted by Crippen LogP contribution is -2.55. The highest BCUT2D eigenvalue weighted by Gasteiger charge is 2.64. The van der Waals surface area contributed by atoms with Gasteiger partial charge in [-0.25, -0.2) is 22.5 Å². The number of alkyl halides is 2. The number of hydrogen-bond acceptors (Lipinski definition) is 10. The summed E-state index contributed by atoms with van der Waals surface area (Å²) in [6.07, 6.45) is -6.36. The molecule has 1 saturated heterocycles. The molecule has 1 fully saturated rings. The molecule has 0 aliphatic carbocycles. The van der Waals surface area contributed by atoms with Crippen LogP contribution in [0.15, 0.2) is 24.4 Å². The number of rotatable bonds is 9. The van der Waals surface area contributed by atoms with Gasteiger partial charge in [-0.3, -0.25) is 9.32 Å². The molecule has 6 atom stereocenters. The van der Waals surface area contributed by atoms with Crippen LogP contribution in [0.1, 0.15) is 13.8 Å². The fourth-order valence-electron chi connectivity index (χ4n) is 3.08. The topological polar surface area (TPSA) is 222 Å². The smallest absolute Gasteiger partial charge is 0.387 e. The minimum absolute atomic E-state index is 0.403. The molecule has 21 heteroatoms. The minimum Gasteiger partial charge on any atom is -0.387 e. The third-order valence-electron chi connectivity index (χ3n) is 4.41. The second-order valence-corrected chi connectivity index (χ2v) is 11.8. The van der Waals surface area contributed by atoms with Gasteiger partial charge in [-0.05, 0) is 13.8 Å². The lowest BCUT2D eigenvalue weighted by Gasteiger charge is -2.36. The number of halogens is 3. The largest absolute Gasteiger partial charge is 0.490 e. The van der Waals surface area contributed by atoms with E-state index in [1.807, 2.05) is 5.32 Å². The SMILES string of the molecule is C=C1NC(=O)C(F)=CN1[C@@H]1O[C@H](C(C)(C)OP(=O)(O)OP(=O)(O)OP(=O)(O)O)[C@H](O)C1(F)CF. The zero-order valence-corrected chi connectivity index (χ0v) is 19.8. The molecule has 2 heterocycles. The highest BCUT2D eigenvalue weighted by Crippen LogP contribution is 2.67. The average Bonchev–Trinajstić information content (AvgIpc) is 2.87. The van der Waals surface area contributed by atoms with E-state index in [4.69, 9.17) is 14.5 Å². The molecule has 34 heavy (non-hydrogen) atoms. The molecule has 2 aliphatic rings. The summed E-state index contributed by atoms with van der Waals surface area (Å²) in [5.74, 6) is -3.19. The molecule has 6 N–H and O–H groups in total. The van der Waals surface area contributed by atoms with E-state index in [1.165, 1.54) is 0 Å². The Hall–Kier alpha value is -1.13. The zero-order chi connectivity index (χ0) is 26.5. The zero-order valence-electron chi connectivity index (χ0n) is 17.1. The van der Waals surface area contributed by atoms with Gasteiger partial charge >= 0.3 is 23.5 Å². The van der Waals surface area contributed by atoms with Gasteiger partial charge in [0.05, 0.1) is 0 Å². The Morgan fingerprint density at radius 3 is 2.29 bits per heavy atom. The van der Waals surface area contributed by atoms with Crippen LogP contribution in [0.4, 0.5) is 13.2 Å². The van der Waals surface area contributed by atoms with Crippen LogP contribution in [0.25, 0.3) is 0 Å². The second kappa shape index (κ2) is 9.39. The van der Waals surface area contributed by atoms with Crippen LogP contribution in [0.2, 0.25) is 0 Å². The van der Waals surface area contributed by atoms with Crippen molar-refractivity contribution in [3.05, 3.63) is 24.4 Å². The van der Waals surface area contributed by atoms with Crippen LogP contribution in [0.5, 0.6) is 0 Å². The molecule has 0 saturated carbocycles. The number of carbonyl (C=O) groups excluding carboxylic acids is 1. The number of amides is 1. The van der Waals surface area contributed by atoms with E-state index < -0.39 is 77.4 Å². The fourth-order valence-corrected chi connectivity index (χ4v) is 6.42. The standard InChI is InChI=1S/C13H20F3N2O13P3/c1-6-17-10(20)7(15)4-18(6)11-13(16,5-14)8(19)9(28-11)12(2,3)29-33(24,25)31-34(26,27)30-32(21,22)23/h4,8-9,11,19H,1,5H2,2-3H3,(H,17,20)(H,24,25)(H,26,27)(H2,21,22,23)/t8-,9-,11+,13?/m0/s1. The van der Waals surface area contributed by atoms with Crippen LogP contribution in [0.3, 0.4) is 0 Å². The predicted octanol–water partition coefficient (Wildman–Crippen LogP) is 0.586. The average molecular weight is 562 g/mol. The fraction of sp³-hybridized carbons (Fsp3) is 0.615. The van der Waals surface area contributed by atoms with Crippen molar-refractivity contribution in [2.45, 2.75) is 43.6 Å². The number of nitrogens with zero attached hydrogens (tertiary/aromatic N) is 1. The molecule has 15 nitrogen and oxygen atoms in total. The summed E-state index contributed by atoms with van der Waals surface area (Å²) in [7, 11) is -17.4. The number of aliphatic hydroxyl groups is 1. The Balaban J connectivity index is 2.32. The van der Waals surface area contributed by atoms with Crippen molar-refractivity contribution >= 4 is 29.4 Å². The van der Waals surface area contributed by atoms with Crippen LogP contribution < -0.4 is 5.32 Å². The summed E-state index contributed by atoms with van der Waals surface area (Å²) in [4.78, 5) is 47.9. The van der Waals surface area contributed by atoms with Gasteiger partial charge in [-0.2, -0.15) is 13.0 Å². The quantitative estimate of drug-likeness (QED) is 0.212. The third-order valence-corrected chi connectivity index (χ3v) is 8.44. The molecule has 0 aromatic rings. The molecule has 0 bridgehead atoms. The first kappa shape index (κ1) is 29.1. The molecular formula is C13H20F3N2O13P3. The first-order valence-electron chi connectivity index (χ1n) is 8.73. The van der Waals surface area contributed by atoms with Crippen molar-refractivity contribution in [2.24, 2.45) is 0 Å². The van der Waals surface area contributed by atoms with Crippen LogP contribution in [-0.4, -0.2) is 71.9 Å². The van der Waals surface area contributed by atoms with Gasteiger partial charge in [0.1, 0.15) is 30.3 Å². The van der Waals surface area contributed by atoms with Gasteiger partial charge in [-0.15, -0.1) is 0 Å². The van der Waals surface area contributed by atoms with Gasteiger partial charge < -0.3 is 39.6 Å². The van der Waals surface area contributed by atoms with Gasteiger partial charge in [0.25, 0.3) is 5.91 Å². The molecule has 2 rings (SSSR count). The number of phosphoric ester groups is 1. The number of hydrogen-bond donors (Lipinski definition) is 6. The predicted molar refractivity (Wildman–Crippen MR) is 102 cm³/mol.